The van der Waals surface area contributed by atoms with Gasteiger partial charge in [0, 0.05) is 37.6 Å². The number of imidazole rings is 1. The molecule has 6 nitrogen and oxygen atoms in total. The summed E-state index contributed by atoms with van der Waals surface area (Å²) in [5.41, 5.74) is 6.60. The van der Waals surface area contributed by atoms with E-state index in [1.54, 1.807) is 17.0 Å². The average Bonchev–Trinajstić information content (AvgIpc) is 3.06. The van der Waals surface area contributed by atoms with Crippen molar-refractivity contribution in [3.05, 3.63) is 41.7 Å². The van der Waals surface area contributed by atoms with Crippen molar-refractivity contribution in [3.63, 3.8) is 0 Å². The highest BCUT2D eigenvalue weighted by Gasteiger charge is 2.23. The van der Waals surface area contributed by atoms with E-state index in [4.69, 9.17) is 10.5 Å². The molecule has 2 N–H and O–H groups in total. The Labute approximate surface area is 133 Å². The van der Waals surface area contributed by atoms with Crippen molar-refractivity contribution in [2.45, 2.75) is 18.8 Å². The van der Waals surface area contributed by atoms with Gasteiger partial charge in [-0.2, -0.15) is 0 Å². The summed E-state index contributed by atoms with van der Waals surface area (Å²) in [6, 6.07) is 2.54. The molecular weight excluding hydrogens is 301 g/mol. The summed E-state index contributed by atoms with van der Waals surface area (Å²) >= 11 is 0. The Hall–Kier alpha value is -2.41. The number of hydrogen-bond acceptors (Lipinski definition) is 5. The molecule has 7 heteroatoms. The maximum Gasteiger partial charge on any atom is 0.340 e. The summed E-state index contributed by atoms with van der Waals surface area (Å²) in [6.45, 7) is 1.37. The van der Waals surface area contributed by atoms with E-state index in [0.717, 1.165) is 18.7 Å². The number of nitrogen functional groups attached to an aromatic ring is 1. The first-order valence-electron chi connectivity index (χ1n) is 7.40. The van der Waals surface area contributed by atoms with Gasteiger partial charge in [-0.25, -0.2) is 14.2 Å². The zero-order valence-electron chi connectivity index (χ0n) is 12.8. The minimum Gasteiger partial charge on any atom is -0.465 e. The van der Waals surface area contributed by atoms with Gasteiger partial charge in [0.05, 0.1) is 24.0 Å². The van der Waals surface area contributed by atoms with Crippen LogP contribution in [-0.2, 0) is 9.47 Å². The van der Waals surface area contributed by atoms with Gasteiger partial charge >= 0.3 is 5.97 Å². The molecule has 0 bridgehead atoms. The molecule has 0 aliphatic carbocycles. The fourth-order valence-corrected chi connectivity index (χ4v) is 2.83. The van der Waals surface area contributed by atoms with Crippen LogP contribution in [0.3, 0.4) is 0 Å². The number of nitrogens with zero attached hydrogens (tertiary/aromatic N) is 2. The molecule has 0 amide bonds. The number of aromatic nitrogens is 2. The number of halogens is 1. The highest BCUT2D eigenvalue weighted by molar-refractivity contribution is 5.91. The molecule has 0 spiro atoms. The maximum atomic E-state index is 14.2. The van der Waals surface area contributed by atoms with Crippen molar-refractivity contribution >= 4 is 11.7 Å². The van der Waals surface area contributed by atoms with Crippen LogP contribution >= 0.6 is 0 Å². The number of rotatable bonds is 3. The third-order valence-corrected chi connectivity index (χ3v) is 4.04. The standard InChI is InChI=1S/C16H18FN3O3/c1-22-16(21)11-8-13(18)14(9-12(11)17)20-5-4-19-15(20)10-2-6-23-7-3-10/h4-5,8-10H,2-3,6-7,18H2,1H3. The predicted molar refractivity (Wildman–Crippen MR) is 82.1 cm³/mol. The van der Waals surface area contributed by atoms with Crippen molar-refractivity contribution in [3.8, 4) is 5.69 Å². The third-order valence-electron chi connectivity index (χ3n) is 4.04. The Morgan fingerprint density at radius 3 is 2.87 bits per heavy atom. The Morgan fingerprint density at radius 2 is 2.17 bits per heavy atom. The monoisotopic (exact) mass is 319 g/mol. The number of anilines is 1. The van der Waals surface area contributed by atoms with Crippen LogP contribution in [0.25, 0.3) is 5.69 Å². The number of ether oxygens (including phenoxy) is 2. The molecular formula is C16H18FN3O3. The summed E-state index contributed by atoms with van der Waals surface area (Å²) in [6.07, 6.45) is 5.13. The zero-order chi connectivity index (χ0) is 16.4. The van der Waals surface area contributed by atoms with E-state index in [9.17, 15) is 9.18 Å². The predicted octanol–water partition coefficient (Wildman–Crippen LogP) is 2.27. The largest absolute Gasteiger partial charge is 0.465 e. The molecule has 1 fully saturated rings. The van der Waals surface area contributed by atoms with Crippen LogP contribution in [0.4, 0.5) is 10.1 Å². The van der Waals surface area contributed by atoms with Crippen LogP contribution in [0.2, 0.25) is 0 Å². The molecule has 3 rings (SSSR count). The molecule has 0 unspecified atom stereocenters. The first kappa shape index (κ1) is 15.5. The molecule has 0 saturated carbocycles. The molecule has 1 saturated heterocycles. The average molecular weight is 319 g/mol. The second-order valence-electron chi connectivity index (χ2n) is 5.42. The lowest BCUT2D eigenvalue weighted by atomic mass is 9.99. The van der Waals surface area contributed by atoms with Gasteiger partial charge in [0.25, 0.3) is 0 Å². The summed E-state index contributed by atoms with van der Waals surface area (Å²) in [7, 11) is 1.20. The first-order chi connectivity index (χ1) is 11.1. The smallest absolute Gasteiger partial charge is 0.340 e. The summed E-state index contributed by atoms with van der Waals surface area (Å²) in [5, 5.41) is 0. The lowest BCUT2D eigenvalue weighted by Crippen LogP contribution is -2.18. The van der Waals surface area contributed by atoms with Crippen LogP contribution in [0.1, 0.15) is 34.9 Å². The van der Waals surface area contributed by atoms with E-state index < -0.39 is 11.8 Å². The molecule has 2 heterocycles. The molecule has 23 heavy (non-hydrogen) atoms. The highest BCUT2D eigenvalue weighted by Crippen LogP contribution is 2.30. The topological polar surface area (TPSA) is 79.4 Å². The van der Waals surface area contributed by atoms with Crippen molar-refractivity contribution in [2.75, 3.05) is 26.1 Å². The Bertz CT molecular complexity index is 723. The van der Waals surface area contributed by atoms with E-state index in [1.165, 1.54) is 19.2 Å². The van der Waals surface area contributed by atoms with Crippen molar-refractivity contribution in [2.24, 2.45) is 0 Å². The van der Waals surface area contributed by atoms with E-state index in [1.807, 2.05) is 0 Å². The summed E-state index contributed by atoms with van der Waals surface area (Å²) < 4.78 is 25.9. The quantitative estimate of drug-likeness (QED) is 0.693. The highest BCUT2D eigenvalue weighted by atomic mass is 19.1. The zero-order valence-corrected chi connectivity index (χ0v) is 12.8. The Morgan fingerprint density at radius 1 is 1.43 bits per heavy atom. The minimum absolute atomic E-state index is 0.179. The Balaban J connectivity index is 2.01. The maximum absolute atomic E-state index is 14.2. The van der Waals surface area contributed by atoms with Gasteiger partial charge in [-0.1, -0.05) is 0 Å². The minimum atomic E-state index is -0.754. The second-order valence-corrected chi connectivity index (χ2v) is 5.42. The molecule has 1 aromatic heterocycles. The van der Waals surface area contributed by atoms with Crippen molar-refractivity contribution in [1.29, 1.82) is 0 Å². The third kappa shape index (κ3) is 2.92. The summed E-state index contributed by atoms with van der Waals surface area (Å²) in [5.74, 6) is -0.365. The van der Waals surface area contributed by atoms with E-state index >= 15 is 0 Å². The van der Waals surface area contributed by atoms with Crippen molar-refractivity contribution < 1.29 is 18.7 Å². The van der Waals surface area contributed by atoms with Gasteiger partial charge in [-0.05, 0) is 18.9 Å². The molecule has 0 radical (unpaired) electrons. The SMILES string of the molecule is COC(=O)c1cc(N)c(-n2ccnc2C2CCOCC2)cc1F. The van der Waals surface area contributed by atoms with Gasteiger partial charge in [-0.15, -0.1) is 0 Å². The second kappa shape index (κ2) is 6.37. The number of methoxy groups -OCH3 is 1. The van der Waals surface area contributed by atoms with Gasteiger partial charge in [0.15, 0.2) is 0 Å². The fourth-order valence-electron chi connectivity index (χ4n) is 2.83. The molecule has 1 aliphatic rings. The number of carbonyl (C=O) groups excluding carboxylic acids is 1. The Kier molecular flexibility index (Phi) is 4.29. The number of esters is 1. The van der Waals surface area contributed by atoms with Crippen LogP contribution in [0, 0.1) is 5.82 Å². The number of carbonyl (C=O) groups is 1. The normalized spacial score (nSPS) is 15.6. The molecule has 122 valence electrons. The van der Waals surface area contributed by atoms with E-state index in [2.05, 4.69) is 9.72 Å². The van der Waals surface area contributed by atoms with Crippen molar-refractivity contribution in [1.82, 2.24) is 9.55 Å². The molecule has 1 aromatic carbocycles. The lowest BCUT2D eigenvalue weighted by Gasteiger charge is -2.23. The van der Waals surface area contributed by atoms with Crippen LogP contribution in [0.15, 0.2) is 24.5 Å². The van der Waals surface area contributed by atoms with Gasteiger partial charge in [-0.3, -0.25) is 0 Å². The lowest BCUT2D eigenvalue weighted by molar-refractivity contribution is 0.0595. The number of hydrogen-bond donors (Lipinski definition) is 1. The summed E-state index contributed by atoms with van der Waals surface area (Å²) in [4.78, 5) is 15.9. The van der Waals surface area contributed by atoms with Crippen LogP contribution in [-0.4, -0.2) is 35.8 Å². The van der Waals surface area contributed by atoms with E-state index in [0.29, 0.717) is 18.9 Å². The molecule has 0 atom stereocenters. The molecule has 2 aromatic rings. The van der Waals surface area contributed by atoms with Gasteiger partial charge in [0.1, 0.15) is 11.6 Å². The van der Waals surface area contributed by atoms with Crippen LogP contribution in [0.5, 0.6) is 0 Å². The van der Waals surface area contributed by atoms with E-state index in [-0.39, 0.29) is 17.2 Å². The van der Waals surface area contributed by atoms with Crippen LogP contribution < -0.4 is 5.73 Å². The molecule has 1 aliphatic heterocycles. The number of nitrogens with two attached hydrogens (primary N) is 1. The van der Waals surface area contributed by atoms with Gasteiger partial charge in [0.2, 0.25) is 0 Å². The number of benzene rings is 1. The first-order valence-corrected chi connectivity index (χ1v) is 7.40. The van der Waals surface area contributed by atoms with Gasteiger partial charge < -0.3 is 19.8 Å². The fraction of sp³-hybridized carbons (Fsp3) is 0.375.